The molecule has 26 heavy (non-hydrogen) atoms. The molecule has 0 bridgehead atoms. The Bertz CT molecular complexity index is 715. The van der Waals surface area contributed by atoms with Crippen molar-refractivity contribution in [3.05, 3.63) is 35.4 Å². The molecule has 0 aromatic heterocycles. The first-order chi connectivity index (χ1) is 12.3. The molecule has 8 heteroatoms. The molecular weight excluding hydrogens is 357 g/mol. The maximum Gasteiger partial charge on any atom is 0.398 e. The fraction of sp³-hybridized carbons (Fsp3) is 0.500. The van der Waals surface area contributed by atoms with E-state index in [-0.39, 0.29) is 36.7 Å². The van der Waals surface area contributed by atoms with Crippen molar-refractivity contribution in [2.75, 3.05) is 13.2 Å². The second-order valence-electron chi connectivity index (χ2n) is 6.34. The van der Waals surface area contributed by atoms with Crippen molar-refractivity contribution >= 4 is 24.9 Å². The SMILES string of the molecule is CCOP(=O)(OCC)C(=O)[C@H](CC(C)C)N1C(=O)c2ccccc2C1=O. The van der Waals surface area contributed by atoms with Crippen LogP contribution in [0.15, 0.2) is 24.3 Å². The molecule has 1 aromatic rings. The monoisotopic (exact) mass is 381 g/mol. The van der Waals surface area contributed by atoms with Gasteiger partial charge in [-0.2, -0.15) is 0 Å². The van der Waals surface area contributed by atoms with Crippen LogP contribution in [0.3, 0.4) is 0 Å². The van der Waals surface area contributed by atoms with Gasteiger partial charge in [0.15, 0.2) is 0 Å². The minimum absolute atomic E-state index is 0.0134. The highest BCUT2D eigenvalue weighted by atomic mass is 31.2. The third kappa shape index (κ3) is 3.80. The van der Waals surface area contributed by atoms with Crippen LogP contribution in [-0.2, 0) is 18.4 Å². The van der Waals surface area contributed by atoms with Gasteiger partial charge in [-0.15, -0.1) is 0 Å². The summed E-state index contributed by atoms with van der Waals surface area (Å²) in [6.07, 6.45) is 0.175. The Hall–Kier alpha value is -1.82. The Kier molecular flexibility index (Phi) is 6.50. The third-order valence-electron chi connectivity index (χ3n) is 3.98. The summed E-state index contributed by atoms with van der Waals surface area (Å²) in [5.41, 5.74) is -0.382. The Morgan fingerprint density at radius 3 is 1.88 bits per heavy atom. The van der Waals surface area contributed by atoms with Gasteiger partial charge in [0.2, 0.25) is 0 Å². The highest BCUT2D eigenvalue weighted by Gasteiger charge is 2.49. The fourth-order valence-electron chi connectivity index (χ4n) is 2.94. The Morgan fingerprint density at radius 1 is 1.04 bits per heavy atom. The van der Waals surface area contributed by atoms with Crippen molar-refractivity contribution in [3.8, 4) is 0 Å². The van der Waals surface area contributed by atoms with Crippen LogP contribution < -0.4 is 0 Å². The number of carbonyl (C=O) groups excluding carboxylic acids is 3. The highest BCUT2D eigenvalue weighted by molar-refractivity contribution is 7.72. The van der Waals surface area contributed by atoms with E-state index in [0.717, 1.165) is 4.90 Å². The molecule has 1 aliphatic heterocycles. The maximum atomic E-state index is 13.1. The zero-order valence-corrected chi connectivity index (χ0v) is 16.3. The highest BCUT2D eigenvalue weighted by Crippen LogP contribution is 2.51. The average molecular weight is 381 g/mol. The van der Waals surface area contributed by atoms with Gasteiger partial charge in [0.25, 0.3) is 17.3 Å². The molecule has 0 N–H and O–H groups in total. The number of imide groups is 1. The molecule has 0 saturated carbocycles. The molecule has 0 spiro atoms. The zero-order valence-electron chi connectivity index (χ0n) is 15.4. The first-order valence-electron chi connectivity index (χ1n) is 8.67. The molecule has 2 rings (SSSR count). The third-order valence-corrected chi connectivity index (χ3v) is 6.02. The van der Waals surface area contributed by atoms with E-state index in [1.165, 1.54) is 12.1 Å². The molecule has 1 aromatic carbocycles. The minimum atomic E-state index is -4.11. The van der Waals surface area contributed by atoms with E-state index >= 15 is 0 Å². The van der Waals surface area contributed by atoms with Crippen LogP contribution in [0.2, 0.25) is 0 Å². The van der Waals surface area contributed by atoms with E-state index in [1.54, 1.807) is 26.0 Å². The van der Waals surface area contributed by atoms with Gasteiger partial charge in [-0.3, -0.25) is 23.8 Å². The topological polar surface area (TPSA) is 90.0 Å². The smallest absolute Gasteiger partial charge is 0.303 e. The van der Waals surface area contributed by atoms with Crippen molar-refractivity contribution in [2.45, 2.75) is 40.2 Å². The van der Waals surface area contributed by atoms with Gasteiger partial charge in [-0.1, -0.05) is 26.0 Å². The molecule has 0 radical (unpaired) electrons. The molecule has 7 nitrogen and oxygen atoms in total. The predicted octanol–water partition coefficient (Wildman–Crippen LogP) is 3.49. The van der Waals surface area contributed by atoms with Gasteiger partial charge in [0.05, 0.1) is 24.3 Å². The Labute approximate surface area is 153 Å². The first kappa shape index (κ1) is 20.5. The number of fused-ring (bicyclic) bond motifs is 1. The van der Waals surface area contributed by atoms with Crippen LogP contribution in [0, 0.1) is 5.92 Å². The standard InChI is InChI=1S/C18H24NO6P/c1-5-24-26(23,25-6-2)18(22)15(11-12(3)4)19-16(20)13-9-7-8-10-14(13)17(19)21/h7-10,12,15H,5-6,11H2,1-4H3/t15-/m0/s1. The van der Waals surface area contributed by atoms with Gasteiger partial charge in [-0.05, 0) is 38.3 Å². The van der Waals surface area contributed by atoms with Crippen LogP contribution in [0.25, 0.3) is 0 Å². The Balaban J connectivity index is 2.46. The van der Waals surface area contributed by atoms with Crippen LogP contribution in [0.1, 0.15) is 54.8 Å². The average Bonchev–Trinajstić information content (AvgIpc) is 2.84. The van der Waals surface area contributed by atoms with Gasteiger partial charge in [0, 0.05) is 0 Å². The van der Waals surface area contributed by atoms with E-state index < -0.39 is 31.0 Å². The van der Waals surface area contributed by atoms with Crippen LogP contribution in [0.4, 0.5) is 0 Å². The van der Waals surface area contributed by atoms with Crippen LogP contribution in [-0.4, -0.2) is 41.5 Å². The van der Waals surface area contributed by atoms with E-state index in [1.807, 2.05) is 13.8 Å². The number of hydrogen-bond acceptors (Lipinski definition) is 6. The van der Waals surface area contributed by atoms with Crippen molar-refractivity contribution in [1.29, 1.82) is 0 Å². The molecule has 0 fully saturated rings. The predicted molar refractivity (Wildman–Crippen MR) is 96.1 cm³/mol. The second-order valence-corrected chi connectivity index (χ2v) is 8.29. The van der Waals surface area contributed by atoms with Crippen molar-refractivity contribution in [3.63, 3.8) is 0 Å². The van der Waals surface area contributed by atoms with E-state index in [9.17, 15) is 18.9 Å². The van der Waals surface area contributed by atoms with E-state index in [2.05, 4.69) is 0 Å². The number of rotatable bonds is 9. The molecule has 1 heterocycles. The number of hydrogen-bond donors (Lipinski definition) is 0. The molecule has 0 aliphatic carbocycles. The van der Waals surface area contributed by atoms with Crippen molar-refractivity contribution < 1.29 is 28.0 Å². The van der Waals surface area contributed by atoms with Gasteiger partial charge in [0.1, 0.15) is 6.04 Å². The number of amides is 2. The minimum Gasteiger partial charge on any atom is -0.303 e. The largest absolute Gasteiger partial charge is 0.398 e. The van der Waals surface area contributed by atoms with Crippen molar-refractivity contribution in [2.24, 2.45) is 5.92 Å². The normalized spacial score (nSPS) is 15.5. The summed E-state index contributed by atoms with van der Waals surface area (Å²) in [5.74, 6) is -1.15. The summed E-state index contributed by atoms with van der Waals surface area (Å²) in [6, 6.07) is 5.18. The van der Waals surface area contributed by atoms with Crippen LogP contribution >= 0.6 is 7.60 Å². The molecule has 0 saturated heterocycles. The lowest BCUT2D eigenvalue weighted by Gasteiger charge is -2.28. The van der Waals surface area contributed by atoms with E-state index in [0.29, 0.717) is 0 Å². The Morgan fingerprint density at radius 2 is 1.50 bits per heavy atom. The molecule has 0 unspecified atom stereocenters. The molecule has 142 valence electrons. The summed E-state index contributed by atoms with van der Waals surface area (Å²) in [6.45, 7) is 6.92. The summed E-state index contributed by atoms with van der Waals surface area (Å²) in [7, 11) is -4.11. The van der Waals surface area contributed by atoms with Gasteiger partial charge < -0.3 is 9.05 Å². The quantitative estimate of drug-likeness (QED) is 0.480. The molecular formula is C18H24NO6P. The molecule has 1 atom stereocenters. The number of benzene rings is 1. The lowest BCUT2D eigenvalue weighted by molar-refractivity contribution is -0.118. The summed E-state index contributed by atoms with van der Waals surface area (Å²) >= 11 is 0. The van der Waals surface area contributed by atoms with Crippen LogP contribution in [0.5, 0.6) is 0 Å². The lowest BCUT2D eigenvalue weighted by Crippen LogP contribution is -2.45. The first-order valence-corrected chi connectivity index (χ1v) is 10.2. The second kappa shape index (κ2) is 8.25. The zero-order chi connectivity index (χ0) is 19.5. The maximum absolute atomic E-state index is 13.1. The number of nitrogens with zero attached hydrogens (tertiary/aromatic N) is 1. The molecule has 2 amide bonds. The van der Waals surface area contributed by atoms with Gasteiger partial charge in [-0.25, -0.2) is 0 Å². The summed E-state index contributed by atoms with van der Waals surface area (Å²) < 4.78 is 23.2. The lowest BCUT2D eigenvalue weighted by atomic mass is 10.0. The number of carbonyl (C=O) groups is 3. The van der Waals surface area contributed by atoms with E-state index in [4.69, 9.17) is 9.05 Å². The summed E-state index contributed by atoms with van der Waals surface area (Å²) in [4.78, 5) is 39.5. The molecule has 1 aliphatic rings. The summed E-state index contributed by atoms with van der Waals surface area (Å²) in [5, 5.41) is 0. The van der Waals surface area contributed by atoms with Crippen molar-refractivity contribution in [1.82, 2.24) is 4.90 Å². The van der Waals surface area contributed by atoms with Gasteiger partial charge >= 0.3 is 7.60 Å². The fourth-order valence-corrected chi connectivity index (χ4v) is 4.54.